The Balaban J connectivity index is 1.60. The zero-order chi connectivity index (χ0) is 24.6. The van der Waals surface area contributed by atoms with Gasteiger partial charge < -0.3 is 14.9 Å². The molecule has 1 saturated carbocycles. The van der Waals surface area contributed by atoms with E-state index in [1.807, 2.05) is 36.4 Å². The van der Waals surface area contributed by atoms with Gasteiger partial charge in [0.05, 0.1) is 13.2 Å². The lowest BCUT2D eigenvalue weighted by Crippen LogP contribution is -2.23. The van der Waals surface area contributed by atoms with Crippen molar-refractivity contribution >= 4 is 29.3 Å². The fourth-order valence-corrected chi connectivity index (χ4v) is 5.80. The van der Waals surface area contributed by atoms with Gasteiger partial charge in [0.15, 0.2) is 0 Å². The smallest absolute Gasteiger partial charge is 0.329 e. The Labute approximate surface area is 215 Å². The number of halogens is 1. The van der Waals surface area contributed by atoms with Crippen LogP contribution >= 0.6 is 23.4 Å². The van der Waals surface area contributed by atoms with E-state index in [0.717, 1.165) is 59.6 Å². The molecule has 0 bridgehead atoms. The Bertz CT molecular complexity index is 1110. The van der Waals surface area contributed by atoms with Gasteiger partial charge in [-0.3, -0.25) is 4.68 Å². The molecule has 186 valence electrons. The number of aromatic nitrogens is 2. The molecular weight excluding hydrogens is 484 g/mol. The van der Waals surface area contributed by atoms with Crippen molar-refractivity contribution in [1.29, 1.82) is 0 Å². The van der Waals surface area contributed by atoms with Gasteiger partial charge in [-0.2, -0.15) is 5.10 Å². The molecule has 6 nitrogen and oxygen atoms in total. The van der Waals surface area contributed by atoms with Crippen LogP contribution in [-0.4, -0.2) is 51.5 Å². The topological polar surface area (TPSA) is 84.6 Å². The first-order chi connectivity index (χ1) is 17.0. The number of aliphatic hydroxyl groups is 1. The summed E-state index contributed by atoms with van der Waals surface area (Å²) >= 11 is 7.99. The summed E-state index contributed by atoms with van der Waals surface area (Å²) in [6.45, 7) is 1.17. The van der Waals surface area contributed by atoms with Gasteiger partial charge in [0.25, 0.3) is 0 Å². The molecule has 0 radical (unpaired) electrons. The normalized spacial score (nSPS) is 18.0. The van der Waals surface area contributed by atoms with E-state index in [1.165, 1.54) is 0 Å². The van der Waals surface area contributed by atoms with E-state index in [-0.39, 0.29) is 13.2 Å². The number of thioether (sulfide) groups is 1. The molecule has 2 N–H and O–H groups in total. The van der Waals surface area contributed by atoms with E-state index < -0.39 is 5.97 Å². The number of aliphatic hydroxyl groups excluding tert-OH is 1. The molecule has 1 fully saturated rings. The average Bonchev–Trinajstić information content (AvgIpc) is 3.22. The lowest BCUT2D eigenvalue weighted by molar-refractivity contribution is -0.142. The second-order valence-corrected chi connectivity index (χ2v) is 10.5. The highest BCUT2D eigenvalue weighted by Crippen LogP contribution is 2.41. The van der Waals surface area contributed by atoms with E-state index in [4.69, 9.17) is 26.5 Å². The van der Waals surface area contributed by atoms with Crippen molar-refractivity contribution in [1.82, 2.24) is 9.78 Å². The van der Waals surface area contributed by atoms with Crippen LogP contribution in [0.15, 0.2) is 59.6 Å². The van der Waals surface area contributed by atoms with Crippen LogP contribution in [0.5, 0.6) is 0 Å². The molecular formula is C27H31ClN2O4S. The summed E-state index contributed by atoms with van der Waals surface area (Å²) < 4.78 is 7.44. The number of benzene rings is 2. The monoisotopic (exact) mass is 514 g/mol. The SMILES string of the molecule is O=C(O)COC[C@H]1CC[C@@H](Cn2nc(-c3ccccc3)c(-c3cccc(Cl)c3)c2SCCO)CC1. The zero-order valence-corrected chi connectivity index (χ0v) is 21.2. The molecule has 4 rings (SSSR count). The first-order valence-corrected chi connectivity index (χ1v) is 13.4. The van der Waals surface area contributed by atoms with E-state index in [0.29, 0.717) is 29.2 Å². The number of carboxylic acid groups (broad SMARTS) is 1. The first kappa shape index (κ1) is 25.8. The highest BCUT2D eigenvalue weighted by molar-refractivity contribution is 7.99. The predicted octanol–water partition coefficient (Wildman–Crippen LogP) is 5.86. The van der Waals surface area contributed by atoms with Crippen LogP contribution in [0.3, 0.4) is 0 Å². The van der Waals surface area contributed by atoms with Gasteiger partial charge in [-0.15, -0.1) is 11.8 Å². The lowest BCUT2D eigenvalue weighted by atomic mass is 9.82. The summed E-state index contributed by atoms with van der Waals surface area (Å²) in [5.74, 6) is 0.555. The van der Waals surface area contributed by atoms with Gasteiger partial charge in [-0.05, 0) is 55.2 Å². The molecule has 35 heavy (non-hydrogen) atoms. The number of hydrogen-bond donors (Lipinski definition) is 2. The second-order valence-electron chi connectivity index (χ2n) is 8.95. The molecule has 8 heteroatoms. The van der Waals surface area contributed by atoms with Crippen molar-refractivity contribution in [2.75, 3.05) is 25.6 Å². The summed E-state index contributed by atoms with van der Waals surface area (Å²) in [5.41, 5.74) is 4.03. The van der Waals surface area contributed by atoms with Crippen molar-refractivity contribution in [3.05, 3.63) is 59.6 Å². The second kappa shape index (κ2) is 12.6. The molecule has 0 atom stereocenters. The average molecular weight is 515 g/mol. The van der Waals surface area contributed by atoms with Gasteiger partial charge in [0, 0.05) is 28.4 Å². The minimum atomic E-state index is -0.921. The number of carbonyl (C=O) groups is 1. The number of carboxylic acids is 1. The summed E-state index contributed by atoms with van der Waals surface area (Å²) in [7, 11) is 0. The predicted molar refractivity (Wildman–Crippen MR) is 140 cm³/mol. The van der Waals surface area contributed by atoms with Crippen LogP contribution in [0.4, 0.5) is 0 Å². The third-order valence-electron chi connectivity index (χ3n) is 6.37. The van der Waals surface area contributed by atoms with E-state index >= 15 is 0 Å². The van der Waals surface area contributed by atoms with Gasteiger partial charge in [0.1, 0.15) is 17.3 Å². The van der Waals surface area contributed by atoms with Gasteiger partial charge >= 0.3 is 5.97 Å². The molecule has 0 amide bonds. The largest absolute Gasteiger partial charge is 0.480 e. The Morgan fingerprint density at radius 2 is 1.77 bits per heavy atom. The fourth-order valence-electron chi connectivity index (χ4n) is 4.70. The zero-order valence-electron chi connectivity index (χ0n) is 19.6. The Kier molecular flexibility index (Phi) is 9.26. The summed E-state index contributed by atoms with van der Waals surface area (Å²) in [4.78, 5) is 10.7. The quantitative estimate of drug-likeness (QED) is 0.312. The number of hydrogen-bond acceptors (Lipinski definition) is 5. The van der Waals surface area contributed by atoms with Crippen molar-refractivity contribution in [3.8, 4) is 22.4 Å². The van der Waals surface area contributed by atoms with Crippen molar-refractivity contribution in [2.24, 2.45) is 11.8 Å². The Hall–Kier alpha value is -2.32. The summed E-state index contributed by atoms with van der Waals surface area (Å²) in [6, 6.07) is 18.0. The molecule has 1 heterocycles. The minimum Gasteiger partial charge on any atom is -0.480 e. The molecule has 3 aromatic rings. The maximum atomic E-state index is 10.7. The molecule has 1 aliphatic carbocycles. The maximum absolute atomic E-state index is 10.7. The number of nitrogens with zero attached hydrogens (tertiary/aromatic N) is 2. The van der Waals surface area contributed by atoms with Gasteiger partial charge in [0.2, 0.25) is 0 Å². The van der Waals surface area contributed by atoms with E-state index in [2.05, 4.69) is 22.9 Å². The number of aliphatic carboxylic acids is 1. The first-order valence-electron chi connectivity index (χ1n) is 12.0. The molecule has 0 unspecified atom stereocenters. The highest BCUT2D eigenvalue weighted by atomic mass is 35.5. The molecule has 1 aromatic heterocycles. The summed E-state index contributed by atoms with van der Waals surface area (Å²) in [5, 5.41) is 25.2. The molecule has 0 aliphatic heterocycles. The maximum Gasteiger partial charge on any atom is 0.329 e. The number of rotatable bonds is 11. The van der Waals surface area contributed by atoms with Crippen LogP contribution < -0.4 is 0 Å². The molecule has 0 saturated heterocycles. The van der Waals surface area contributed by atoms with Gasteiger partial charge in [-0.1, -0.05) is 54.1 Å². The summed E-state index contributed by atoms with van der Waals surface area (Å²) in [6.07, 6.45) is 4.16. The molecule has 1 aliphatic rings. The van der Waals surface area contributed by atoms with Crippen LogP contribution in [0.25, 0.3) is 22.4 Å². The minimum absolute atomic E-state index is 0.0902. The van der Waals surface area contributed by atoms with Crippen molar-refractivity contribution < 1.29 is 19.7 Å². The molecule has 0 spiro atoms. The number of ether oxygens (including phenoxy) is 1. The van der Waals surface area contributed by atoms with Gasteiger partial charge in [-0.25, -0.2) is 4.79 Å². The van der Waals surface area contributed by atoms with Crippen molar-refractivity contribution in [3.63, 3.8) is 0 Å². The van der Waals surface area contributed by atoms with E-state index in [1.54, 1.807) is 11.8 Å². The Morgan fingerprint density at radius 1 is 1.06 bits per heavy atom. The van der Waals surface area contributed by atoms with E-state index in [9.17, 15) is 9.90 Å². The van der Waals surface area contributed by atoms with Crippen LogP contribution in [0.2, 0.25) is 5.02 Å². The van der Waals surface area contributed by atoms with Crippen molar-refractivity contribution in [2.45, 2.75) is 37.3 Å². The standard InChI is InChI=1S/C27H31ClN2O4S/c28-23-8-4-7-22(15-23)25-26(21-5-2-1-3-6-21)29-30(27(25)35-14-13-31)16-19-9-11-20(12-10-19)17-34-18-24(32)33/h1-8,15,19-20,31H,9-14,16-18H2,(H,32,33)/t19-,20+. The fraction of sp³-hybridized carbons (Fsp3) is 0.407. The third-order valence-corrected chi connectivity index (χ3v) is 7.68. The Morgan fingerprint density at radius 3 is 2.46 bits per heavy atom. The third kappa shape index (κ3) is 6.88. The lowest BCUT2D eigenvalue weighted by Gasteiger charge is -2.28. The van der Waals surface area contributed by atoms with Crippen LogP contribution in [-0.2, 0) is 16.1 Å². The highest BCUT2D eigenvalue weighted by Gasteiger charge is 2.26. The molecule has 2 aromatic carbocycles. The van der Waals surface area contributed by atoms with Crippen LogP contribution in [0.1, 0.15) is 25.7 Å². The van der Waals surface area contributed by atoms with Crippen LogP contribution in [0, 0.1) is 11.8 Å².